The summed E-state index contributed by atoms with van der Waals surface area (Å²) >= 11 is 0. The Kier molecular flexibility index (Phi) is 3.85. The lowest BCUT2D eigenvalue weighted by molar-refractivity contribution is -0.134. The number of hydrogen-bond acceptors (Lipinski definition) is 2. The Balaban J connectivity index is 1.89. The minimum Gasteiger partial charge on any atom is -0.341 e. The number of nitrogens with one attached hydrogen (secondary N) is 1. The number of carbonyl (C=O) groups is 1. The Morgan fingerprint density at radius 2 is 2.31 bits per heavy atom. The number of amides is 1. The minimum atomic E-state index is 0.213. The van der Waals surface area contributed by atoms with E-state index in [9.17, 15) is 4.79 Å². The van der Waals surface area contributed by atoms with Crippen molar-refractivity contribution in [1.29, 1.82) is 0 Å². The molecule has 2 aliphatic rings. The second-order valence-corrected chi connectivity index (χ2v) is 5.40. The van der Waals surface area contributed by atoms with Gasteiger partial charge in [0.15, 0.2) is 0 Å². The molecule has 2 rings (SSSR count). The zero-order chi connectivity index (χ0) is 11.5. The Bertz CT molecular complexity index is 240. The van der Waals surface area contributed by atoms with Crippen LogP contribution < -0.4 is 5.32 Å². The van der Waals surface area contributed by atoms with Crippen LogP contribution in [0.5, 0.6) is 0 Å². The fourth-order valence-electron chi connectivity index (χ4n) is 3.09. The molecule has 1 amide bonds. The van der Waals surface area contributed by atoms with Gasteiger partial charge >= 0.3 is 0 Å². The maximum atomic E-state index is 12.2. The highest BCUT2D eigenvalue weighted by Crippen LogP contribution is 2.26. The molecule has 2 heterocycles. The first-order valence-electron chi connectivity index (χ1n) is 6.74. The first-order valence-corrected chi connectivity index (χ1v) is 6.74. The highest BCUT2D eigenvalue weighted by atomic mass is 16.2. The third-order valence-electron chi connectivity index (χ3n) is 4.05. The lowest BCUT2D eigenvalue weighted by Crippen LogP contribution is -2.41. The number of likely N-dealkylation sites (tertiary alicyclic amines) is 1. The predicted molar refractivity (Wildman–Crippen MR) is 65.2 cm³/mol. The predicted octanol–water partition coefficient (Wildman–Crippen LogP) is 1.63. The number of nitrogens with zero attached hydrogens (tertiary/aromatic N) is 1. The van der Waals surface area contributed by atoms with Crippen LogP contribution in [0.4, 0.5) is 0 Å². The van der Waals surface area contributed by atoms with Crippen molar-refractivity contribution in [3.8, 4) is 0 Å². The fourth-order valence-corrected chi connectivity index (χ4v) is 3.09. The molecule has 16 heavy (non-hydrogen) atoms. The van der Waals surface area contributed by atoms with Gasteiger partial charge < -0.3 is 10.2 Å². The molecule has 0 aromatic rings. The zero-order valence-corrected chi connectivity index (χ0v) is 10.5. The van der Waals surface area contributed by atoms with Crippen molar-refractivity contribution in [2.24, 2.45) is 11.8 Å². The van der Waals surface area contributed by atoms with Crippen molar-refractivity contribution in [2.45, 2.75) is 45.6 Å². The summed E-state index contributed by atoms with van der Waals surface area (Å²) in [5.41, 5.74) is 0. The van der Waals surface area contributed by atoms with Crippen LogP contribution in [0.1, 0.15) is 39.5 Å². The summed E-state index contributed by atoms with van der Waals surface area (Å²) in [7, 11) is 0. The highest BCUT2D eigenvalue weighted by molar-refractivity contribution is 5.78. The molecule has 2 aliphatic heterocycles. The van der Waals surface area contributed by atoms with E-state index in [0.717, 1.165) is 32.5 Å². The minimum absolute atomic E-state index is 0.213. The molecule has 0 radical (unpaired) electrons. The van der Waals surface area contributed by atoms with Crippen LogP contribution in [0.3, 0.4) is 0 Å². The first kappa shape index (κ1) is 11.9. The maximum absolute atomic E-state index is 12.2. The van der Waals surface area contributed by atoms with Crippen molar-refractivity contribution in [3.63, 3.8) is 0 Å². The van der Waals surface area contributed by atoms with Crippen LogP contribution in [-0.4, -0.2) is 36.5 Å². The van der Waals surface area contributed by atoms with E-state index in [-0.39, 0.29) is 5.92 Å². The van der Waals surface area contributed by atoms with Crippen molar-refractivity contribution in [3.05, 3.63) is 0 Å². The molecule has 2 saturated heterocycles. The Labute approximate surface area is 98.6 Å². The number of rotatable bonds is 3. The highest BCUT2D eigenvalue weighted by Gasteiger charge is 2.37. The molecule has 1 unspecified atom stereocenters. The lowest BCUT2D eigenvalue weighted by atomic mass is 9.94. The molecule has 0 aliphatic carbocycles. The van der Waals surface area contributed by atoms with Gasteiger partial charge in [-0.15, -0.1) is 0 Å². The summed E-state index contributed by atoms with van der Waals surface area (Å²) in [6.07, 6.45) is 4.70. The van der Waals surface area contributed by atoms with Gasteiger partial charge in [-0.05, 0) is 31.7 Å². The van der Waals surface area contributed by atoms with Crippen LogP contribution in [0.15, 0.2) is 0 Å². The molecule has 2 fully saturated rings. The SMILES string of the molecule is CCCC(C)C(=O)N1C[C@@H]2CCCN[C@@H]2C1. The van der Waals surface area contributed by atoms with Gasteiger partial charge in [-0.1, -0.05) is 20.3 Å². The summed E-state index contributed by atoms with van der Waals surface area (Å²) in [5.74, 6) is 1.30. The second kappa shape index (κ2) is 5.17. The monoisotopic (exact) mass is 224 g/mol. The quantitative estimate of drug-likeness (QED) is 0.790. The zero-order valence-electron chi connectivity index (χ0n) is 10.5. The van der Waals surface area contributed by atoms with Gasteiger partial charge in [0.05, 0.1) is 0 Å². The van der Waals surface area contributed by atoms with Crippen LogP contribution in [0, 0.1) is 11.8 Å². The second-order valence-electron chi connectivity index (χ2n) is 5.40. The van der Waals surface area contributed by atoms with E-state index in [1.54, 1.807) is 0 Å². The molecule has 0 bridgehead atoms. The van der Waals surface area contributed by atoms with Gasteiger partial charge in [0.2, 0.25) is 5.91 Å². The van der Waals surface area contributed by atoms with Gasteiger partial charge in [0.25, 0.3) is 0 Å². The molecular weight excluding hydrogens is 200 g/mol. The third-order valence-corrected chi connectivity index (χ3v) is 4.05. The smallest absolute Gasteiger partial charge is 0.225 e. The Morgan fingerprint density at radius 3 is 3.00 bits per heavy atom. The largest absolute Gasteiger partial charge is 0.341 e. The van der Waals surface area contributed by atoms with Gasteiger partial charge in [-0.2, -0.15) is 0 Å². The molecule has 0 aromatic carbocycles. The number of fused-ring (bicyclic) bond motifs is 1. The van der Waals surface area contributed by atoms with Crippen molar-refractivity contribution >= 4 is 5.91 Å². The van der Waals surface area contributed by atoms with E-state index < -0.39 is 0 Å². The average Bonchev–Trinajstić information content (AvgIpc) is 2.71. The summed E-state index contributed by atoms with van der Waals surface area (Å²) in [6, 6.07) is 0.575. The molecule has 0 spiro atoms. The van der Waals surface area contributed by atoms with Gasteiger partial charge in [0, 0.05) is 25.0 Å². The standard InChI is InChI=1S/C13H24N2O/c1-3-5-10(2)13(16)15-8-11-6-4-7-14-12(11)9-15/h10-12,14H,3-9H2,1-2H3/t10?,11-,12+/m0/s1. The van der Waals surface area contributed by atoms with Gasteiger partial charge in [0.1, 0.15) is 0 Å². The van der Waals surface area contributed by atoms with E-state index >= 15 is 0 Å². The number of piperidine rings is 1. The van der Waals surface area contributed by atoms with Crippen LogP contribution >= 0.6 is 0 Å². The topological polar surface area (TPSA) is 32.3 Å². The van der Waals surface area contributed by atoms with E-state index in [0.29, 0.717) is 17.9 Å². The van der Waals surface area contributed by atoms with E-state index in [1.165, 1.54) is 12.8 Å². The molecule has 1 N–H and O–H groups in total. The Hall–Kier alpha value is -0.570. The summed E-state index contributed by atoms with van der Waals surface area (Å²) in [6.45, 7) is 7.28. The normalized spacial score (nSPS) is 31.2. The first-order chi connectivity index (χ1) is 7.72. The van der Waals surface area contributed by atoms with Crippen molar-refractivity contribution in [1.82, 2.24) is 10.2 Å². The van der Waals surface area contributed by atoms with Crippen molar-refractivity contribution < 1.29 is 4.79 Å². The van der Waals surface area contributed by atoms with Gasteiger partial charge in [-0.25, -0.2) is 0 Å². The number of carbonyl (C=O) groups excluding carboxylic acids is 1. The van der Waals surface area contributed by atoms with E-state index in [4.69, 9.17) is 0 Å². The van der Waals surface area contributed by atoms with E-state index in [1.807, 2.05) is 0 Å². The van der Waals surface area contributed by atoms with Gasteiger partial charge in [-0.3, -0.25) is 4.79 Å². The maximum Gasteiger partial charge on any atom is 0.225 e. The molecule has 92 valence electrons. The summed E-state index contributed by atoms with van der Waals surface area (Å²) in [4.78, 5) is 14.3. The summed E-state index contributed by atoms with van der Waals surface area (Å²) in [5, 5.41) is 3.54. The van der Waals surface area contributed by atoms with Crippen LogP contribution in [0.2, 0.25) is 0 Å². The molecule has 3 nitrogen and oxygen atoms in total. The van der Waals surface area contributed by atoms with Crippen LogP contribution in [-0.2, 0) is 4.79 Å². The van der Waals surface area contributed by atoms with Crippen molar-refractivity contribution in [2.75, 3.05) is 19.6 Å². The molecule has 0 aromatic heterocycles. The van der Waals surface area contributed by atoms with Crippen LogP contribution in [0.25, 0.3) is 0 Å². The molecule has 3 atom stereocenters. The lowest BCUT2D eigenvalue weighted by Gasteiger charge is -2.24. The summed E-state index contributed by atoms with van der Waals surface area (Å²) < 4.78 is 0. The Morgan fingerprint density at radius 1 is 1.50 bits per heavy atom. The average molecular weight is 224 g/mol. The molecule has 0 saturated carbocycles. The fraction of sp³-hybridized carbons (Fsp3) is 0.923. The molecular formula is C13H24N2O. The molecule has 3 heteroatoms. The number of hydrogen-bond donors (Lipinski definition) is 1. The third kappa shape index (κ3) is 2.40. The van der Waals surface area contributed by atoms with E-state index in [2.05, 4.69) is 24.1 Å².